The molecule has 3 aromatic rings. The van der Waals surface area contributed by atoms with E-state index in [2.05, 4.69) is 15.4 Å². The Kier molecular flexibility index (Phi) is 4.59. The highest BCUT2D eigenvalue weighted by Crippen LogP contribution is 2.26. The van der Waals surface area contributed by atoms with Crippen LogP contribution in [0.25, 0.3) is 16.9 Å². The number of nitrogens with zero attached hydrogens (tertiary/aromatic N) is 3. The third-order valence-electron chi connectivity index (χ3n) is 4.13. The molecule has 2 N–H and O–H groups in total. The lowest BCUT2D eigenvalue weighted by Gasteiger charge is -2.13. The molecule has 3 rings (SSSR count). The van der Waals surface area contributed by atoms with E-state index in [4.69, 9.17) is 0 Å². The van der Waals surface area contributed by atoms with E-state index in [0.29, 0.717) is 34.5 Å². The maximum atomic E-state index is 12.9. The predicted molar refractivity (Wildman–Crippen MR) is 98.1 cm³/mol. The fraction of sp³-hybridized carbons (Fsp3) is 0.263. The molecule has 1 amide bonds. The highest BCUT2D eigenvalue weighted by atomic mass is 16.1. The summed E-state index contributed by atoms with van der Waals surface area (Å²) in [7, 11) is 0. The van der Waals surface area contributed by atoms with Crippen LogP contribution >= 0.6 is 0 Å². The zero-order valence-electron chi connectivity index (χ0n) is 14.8. The SMILES string of the molecule is CCNC(=O)c1cccc(-c2nc3c(C#N)c[nH]n3c(=O)c2C(C)C)c1. The van der Waals surface area contributed by atoms with Gasteiger partial charge in [0, 0.05) is 29.4 Å². The van der Waals surface area contributed by atoms with Crippen molar-refractivity contribution < 1.29 is 4.79 Å². The number of nitrogens with one attached hydrogen (secondary N) is 2. The molecule has 132 valence electrons. The van der Waals surface area contributed by atoms with Crippen LogP contribution in [0.15, 0.2) is 35.3 Å². The lowest BCUT2D eigenvalue weighted by molar-refractivity contribution is 0.0956. The molecule has 2 aromatic heterocycles. The second kappa shape index (κ2) is 6.84. The van der Waals surface area contributed by atoms with Crippen LogP contribution in [-0.2, 0) is 0 Å². The monoisotopic (exact) mass is 349 g/mol. The van der Waals surface area contributed by atoms with Crippen molar-refractivity contribution in [1.29, 1.82) is 5.26 Å². The highest BCUT2D eigenvalue weighted by Gasteiger charge is 2.20. The third kappa shape index (κ3) is 2.86. The predicted octanol–water partition coefficient (Wildman–Crippen LogP) is 2.43. The first-order chi connectivity index (χ1) is 12.5. The van der Waals surface area contributed by atoms with Crippen LogP contribution in [0.1, 0.15) is 48.2 Å². The largest absolute Gasteiger partial charge is 0.352 e. The number of aromatic nitrogens is 3. The van der Waals surface area contributed by atoms with Crippen molar-refractivity contribution in [2.45, 2.75) is 26.7 Å². The Morgan fingerprint density at radius 1 is 1.42 bits per heavy atom. The summed E-state index contributed by atoms with van der Waals surface area (Å²) >= 11 is 0. The van der Waals surface area contributed by atoms with E-state index in [-0.39, 0.29) is 23.0 Å². The van der Waals surface area contributed by atoms with Crippen LogP contribution in [0.2, 0.25) is 0 Å². The van der Waals surface area contributed by atoms with Crippen LogP contribution in [0.3, 0.4) is 0 Å². The molecular weight excluding hydrogens is 330 g/mol. The standard InChI is InChI=1S/C19H19N5O2/c1-4-21-18(25)13-7-5-6-12(8-13)16-15(11(2)3)19(26)24-17(23-16)14(9-20)10-22-24/h5-8,10-11,22H,4H2,1-3H3,(H,21,25). The molecule has 2 heterocycles. The maximum absolute atomic E-state index is 12.9. The summed E-state index contributed by atoms with van der Waals surface area (Å²) in [5.74, 6) is -0.263. The summed E-state index contributed by atoms with van der Waals surface area (Å²) in [4.78, 5) is 29.6. The van der Waals surface area contributed by atoms with Crippen molar-refractivity contribution in [1.82, 2.24) is 19.9 Å². The van der Waals surface area contributed by atoms with Gasteiger partial charge in [0.05, 0.1) is 5.69 Å². The number of benzene rings is 1. The number of carbonyl (C=O) groups excluding carboxylic acids is 1. The van der Waals surface area contributed by atoms with Gasteiger partial charge < -0.3 is 5.32 Å². The number of hydrogen-bond donors (Lipinski definition) is 2. The van der Waals surface area contributed by atoms with E-state index >= 15 is 0 Å². The highest BCUT2D eigenvalue weighted by molar-refractivity contribution is 5.95. The van der Waals surface area contributed by atoms with Crippen LogP contribution < -0.4 is 10.9 Å². The van der Waals surface area contributed by atoms with E-state index < -0.39 is 0 Å². The van der Waals surface area contributed by atoms with Crippen molar-refractivity contribution in [3.8, 4) is 17.3 Å². The van der Waals surface area contributed by atoms with Gasteiger partial charge in [-0.05, 0) is 25.0 Å². The first-order valence-electron chi connectivity index (χ1n) is 8.40. The minimum absolute atomic E-state index is 0.0798. The van der Waals surface area contributed by atoms with Gasteiger partial charge in [-0.1, -0.05) is 26.0 Å². The summed E-state index contributed by atoms with van der Waals surface area (Å²) < 4.78 is 1.28. The molecule has 0 fully saturated rings. The molecule has 0 atom stereocenters. The Bertz CT molecular complexity index is 1090. The molecule has 1 aromatic carbocycles. The smallest absolute Gasteiger partial charge is 0.276 e. The molecule has 0 aliphatic carbocycles. The lowest BCUT2D eigenvalue weighted by Crippen LogP contribution is -2.23. The van der Waals surface area contributed by atoms with Gasteiger partial charge in [-0.25, -0.2) is 9.50 Å². The van der Waals surface area contributed by atoms with Crippen LogP contribution in [0.5, 0.6) is 0 Å². The zero-order chi connectivity index (χ0) is 18.8. The van der Waals surface area contributed by atoms with Crippen molar-refractivity contribution in [2.75, 3.05) is 6.54 Å². The molecule has 7 nitrogen and oxygen atoms in total. The molecule has 0 aliphatic heterocycles. The van der Waals surface area contributed by atoms with Crippen LogP contribution in [0, 0.1) is 11.3 Å². The van der Waals surface area contributed by atoms with Gasteiger partial charge >= 0.3 is 0 Å². The molecule has 0 aliphatic rings. The van der Waals surface area contributed by atoms with E-state index in [1.165, 1.54) is 10.7 Å². The molecule has 0 bridgehead atoms. The lowest BCUT2D eigenvalue weighted by atomic mass is 9.97. The Labute approximate surface area is 150 Å². The second-order valence-corrected chi connectivity index (χ2v) is 6.23. The Balaban J connectivity index is 2.29. The number of aromatic amines is 1. The number of carbonyl (C=O) groups is 1. The third-order valence-corrected chi connectivity index (χ3v) is 4.13. The number of fused-ring (bicyclic) bond motifs is 1. The summed E-state index contributed by atoms with van der Waals surface area (Å²) in [6.07, 6.45) is 1.46. The molecule has 0 unspecified atom stereocenters. The van der Waals surface area contributed by atoms with Crippen LogP contribution in [-0.4, -0.2) is 27.0 Å². The van der Waals surface area contributed by atoms with E-state index in [0.717, 1.165) is 0 Å². The summed E-state index contributed by atoms with van der Waals surface area (Å²) in [5, 5.41) is 14.8. The van der Waals surface area contributed by atoms with Crippen LogP contribution in [0.4, 0.5) is 0 Å². The maximum Gasteiger partial charge on any atom is 0.276 e. The van der Waals surface area contributed by atoms with E-state index in [1.807, 2.05) is 32.9 Å². The topological polar surface area (TPSA) is 103 Å². The van der Waals surface area contributed by atoms with Gasteiger partial charge in [-0.15, -0.1) is 0 Å². The summed E-state index contributed by atoms with van der Waals surface area (Å²) in [5.41, 5.74) is 2.51. The fourth-order valence-corrected chi connectivity index (χ4v) is 2.92. The average molecular weight is 349 g/mol. The van der Waals surface area contributed by atoms with Crippen molar-refractivity contribution in [2.24, 2.45) is 0 Å². The number of rotatable bonds is 4. The zero-order valence-corrected chi connectivity index (χ0v) is 14.8. The molecule has 26 heavy (non-hydrogen) atoms. The van der Waals surface area contributed by atoms with Crippen molar-refractivity contribution in [3.63, 3.8) is 0 Å². The first-order valence-corrected chi connectivity index (χ1v) is 8.40. The number of H-pyrrole nitrogens is 1. The van der Waals surface area contributed by atoms with E-state index in [1.54, 1.807) is 18.2 Å². The molecular formula is C19H19N5O2. The summed E-state index contributed by atoms with van der Waals surface area (Å²) in [6.45, 7) is 6.21. The van der Waals surface area contributed by atoms with Gasteiger partial charge in [0.2, 0.25) is 0 Å². The number of amides is 1. The number of nitriles is 1. The normalized spacial score (nSPS) is 10.9. The molecule has 0 radical (unpaired) electrons. The van der Waals surface area contributed by atoms with Crippen molar-refractivity contribution in [3.05, 3.63) is 57.5 Å². The van der Waals surface area contributed by atoms with Gasteiger partial charge in [0.25, 0.3) is 11.5 Å². The fourth-order valence-electron chi connectivity index (χ4n) is 2.92. The number of hydrogen-bond acceptors (Lipinski definition) is 4. The summed E-state index contributed by atoms with van der Waals surface area (Å²) in [6, 6.07) is 9.03. The Morgan fingerprint density at radius 2 is 2.19 bits per heavy atom. The Morgan fingerprint density at radius 3 is 2.85 bits per heavy atom. The van der Waals surface area contributed by atoms with Gasteiger partial charge in [-0.3, -0.25) is 14.7 Å². The quantitative estimate of drug-likeness (QED) is 0.755. The minimum atomic E-state index is -0.245. The molecule has 0 saturated carbocycles. The average Bonchev–Trinajstić information content (AvgIpc) is 3.05. The van der Waals surface area contributed by atoms with Gasteiger partial charge in [0.15, 0.2) is 5.65 Å². The molecule has 0 saturated heterocycles. The van der Waals surface area contributed by atoms with Gasteiger partial charge in [-0.2, -0.15) is 5.26 Å². The van der Waals surface area contributed by atoms with Crippen molar-refractivity contribution >= 4 is 11.6 Å². The first kappa shape index (κ1) is 17.4. The molecule has 7 heteroatoms. The second-order valence-electron chi connectivity index (χ2n) is 6.23. The van der Waals surface area contributed by atoms with E-state index in [9.17, 15) is 14.9 Å². The van der Waals surface area contributed by atoms with Gasteiger partial charge in [0.1, 0.15) is 11.6 Å². The minimum Gasteiger partial charge on any atom is -0.352 e. The Hall–Kier alpha value is -3.40. The molecule has 0 spiro atoms.